The third kappa shape index (κ3) is 21.4. The van der Waals surface area contributed by atoms with Crippen molar-refractivity contribution < 1.29 is 33.3 Å². The molecule has 0 radical (unpaired) electrons. The minimum atomic E-state index is -0.751. The average Bonchev–Trinajstić information content (AvgIpc) is 3.28. The number of hydrogen-bond acceptors (Lipinski definition) is 7. The minimum absolute atomic E-state index is 0.0461. The van der Waals surface area contributed by atoms with Gasteiger partial charge in [-0.1, -0.05) is 96.8 Å². The van der Waals surface area contributed by atoms with Crippen molar-refractivity contribution in [3.05, 3.63) is 0 Å². The van der Waals surface area contributed by atoms with Gasteiger partial charge in [0.2, 0.25) is 0 Å². The first kappa shape index (κ1) is 41.9. The molecule has 1 amide bonds. The highest BCUT2D eigenvalue weighted by molar-refractivity contribution is 6.11. The zero-order valence-electron chi connectivity index (χ0n) is 30.2. The van der Waals surface area contributed by atoms with Crippen molar-refractivity contribution in [3.63, 3.8) is 0 Å². The Labute approximate surface area is 277 Å². The van der Waals surface area contributed by atoms with E-state index in [1.54, 1.807) is 6.92 Å². The van der Waals surface area contributed by atoms with E-state index in [1.807, 2.05) is 35.5 Å². The lowest BCUT2D eigenvalue weighted by Gasteiger charge is -2.26. The lowest BCUT2D eigenvalue weighted by Crippen LogP contribution is -2.41. The maximum absolute atomic E-state index is 12.4. The number of unbranched alkanes of at least 4 members (excludes halogenated alkanes) is 15. The molecular weight excluding hydrogens is 569 g/mol. The second-order valence-electron chi connectivity index (χ2n) is 13.6. The van der Waals surface area contributed by atoms with Gasteiger partial charge in [0.15, 0.2) is 6.10 Å². The van der Waals surface area contributed by atoms with Gasteiger partial charge in [-0.25, -0.2) is 0 Å². The molecule has 1 saturated heterocycles. The van der Waals surface area contributed by atoms with E-state index in [2.05, 4.69) is 12.2 Å². The predicted molar refractivity (Wildman–Crippen MR) is 185 cm³/mol. The van der Waals surface area contributed by atoms with E-state index in [0.29, 0.717) is 26.2 Å². The summed E-state index contributed by atoms with van der Waals surface area (Å²) in [6, 6.07) is -0.0461. The highest BCUT2D eigenvalue weighted by Gasteiger charge is 2.44. The summed E-state index contributed by atoms with van der Waals surface area (Å²) in [5.41, 5.74) is 0. The van der Waals surface area contributed by atoms with Gasteiger partial charge >= 0.3 is 5.97 Å². The van der Waals surface area contributed by atoms with E-state index in [1.165, 1.54) is 70.6 Å². The first-order valence-corrected chi connectivity index (χ1v) is 18.7. The van der Waals surface area contributed by atoms with Crippen molar-refractivity contribution >= 4 is 19.7 Å². The Bertz CT molecular complexity index is 738. The fraction of sp³-hybridized carbons (Fsp3) is 0.944. The summed E-state index contributed by atoms with van der Waals surface area (Å²) in [6.07, 6.45) is 19.8. The van der Waals surface area contributed by atoms with Crippen LogP contribution >= 0.6 is 0 Å². The molecule has 0 aromatic rings. The molecular formula is C36H70BNO7. The van der Waals surface area contributed by atoms with Gasteiger partial charge in [-0.15, -0.1) is 0 Å². The number of hydrogen-bond donors (Lipinski definition) is 1. The summed E-state index contributed by atoms with van der Waals surface area (Å²) in [4.78, 5) is 24.5. The number of carbonyl (C=O) groups excluding carboxylic acids is 2. The molecule has 1 aliphatic rings. The lowest BCUT2D eigenvalue weighted by molar-refractivity contribution is -0.154. The van der Waals surface area contributed by atoms with E-state index in [0.717, 1.165) is 38.5 Å². The summed E-state index contributed by atoms with van der Waals surface area (Å²) in [5, 5.41) is 2.90. The molecule has 2 unspecified atom stereocenters. The minimum Gasteiger partial charge on any atom is -0.453 e. The molecule has 0 aromatic carbocycles. The first-order chi connectivity index (χ1) is 21.6. The van der Waals surface area contributed by atoms with Crippen LogP contribution in [0.4, 0.5) is 0 Å². The second kappa shape index (κ2) is 26.9. The van der Waals surface area contributed by atoms with Crippen molar-refractivity contribution in [2.45, 2.75) is 200 Å². The highest BCUT2D eigenvalue weighted by atomic mass is 16.6. The molecule has 1 rings (SSSR count). The number of rotatable bonds is 29. The molecule has 1 aliphatic heterocycles. The summed E-state index contributed by atoms with van der Waals surface area (Å²) >= 11 is 0. The number of nitrogens with one attached hydrogen (secondary N) is 1. The Hall–Kier alpha value is -1.16. The Balaban J connectivity index is 2.04. The number of carbonyl (C=O) groups is 2. The molecule has 0 aliphatic carbocycles. The maximum Gasteiger partial charge on any atom is 0.306 e. The van der Waals surface area contributed by atoms with Gasteiger partial charge in [-0.2, -0.15) is 0 Å². The largest absolute Gasteiger partial charge is 0.453 e. The van der Waals surface area contributed by atoms with Crippen LogP contribution < -0.4 is 5.32 Å². The van der Waals surface area contributed by atoms with Crippen LogP contribution in [0.5, 0.6) is 0 Å². The fourth-order valence-corrected chi connectivity index (χ4v) is 5.79. The van der Waals surface area contributed by atoms with Crippen LogP contribution in [0, 0.1) is 0 Å². The first-order valence-electron chi connectivity index (χ1n) is 18.7. The molecule has 1 fully saturated rings. The molecule has 5 atom stereocenters. The van der Waals surface area contributed by atoms with Gasteiger partial charge in [0.1, 0.15) is 26.2 Å². The summed E-state index contributed by atoms with van der Waals surface area (Å²) in [7, 11) is 2.04. The SMILES string of the molecule is B[C@@H]1O[C@H](COC(C)C)C(OC(C)C)[C@@H]1OCCCCCCNC(=O)C(C)OC(=O)CCCCCCCCCCCCCCC. The van der Waals surface area contributed by atoms with Crippen molar-refractivity contribution in [2.75, 3.05) is 19.8 Å². The molecule has 1 heterocycles. The van der Waals surface area contributed by atoms with Crippen LogP contribution in [-0.4, -0.2) is 82.1 Å². The van der Waals surface area contributed by atoms with Crippen LogP contribution in [-0.2, 0) is 33.3 Å². The second-order valence-corrected chi connectivity index (χ2v) is 13.6. The maximum atomic E-state index is 12.4. The van der Waals surface area contributed by atoms with Crippen LogP contribution in [0.3, 0.4) is 0 Å². The zero-order chi connectivity index (χ0) is 33.3. The molecule has 1 N–H and O–H groups in total. The summed E-state index contributed by atoms with van der Waals surface area (Å²) in [5.74, 6) is -0.498. The molecule has 0 bridgehead atoms. The summed E-state index contributed by atoms with van der Waals surface area (Å²) in [6.45, 7) is 13.7. The number of amides is 1. The fourth-order valence-electron chi connectivity index (χ4n) is 5.79. The van der Waals surface area contributed by atoms with Crippen molar-refractivity contribution in [1.82, 2.24) is 5.32 Å². The monoisotopic (exact) mass is 640 g/mol. The lowest BCUT2D eigenvalue weighted by atomic mass is 9.92. The zero-order valence-corrected chi connectivity index (χ0v) is 30.2. The van der Waals surface area contributed by atoms with Gasteiger partial charge < -0.3 is 29.0 Å². The number of esters is 1. The molecule has 264 valence electrons. The van der Waals surface area contributed by atoms with E-state index in [9.17, 15) is 9.59 Å². The van der Waals surface area contributed by atoms with E-state index in [-0.39, 0.29) is 48.4 Å². The van der Waals surface area contributed by atoms with Crippen molar-refractivity contribution in [3.8, 4) is 0 Å². The number of ether oxygens (including phenoxy) is 5. The van der Waals surface area contributed by atoms with Crippen molar-refractivity contribution in [1.29, 1.82) is 0 Å². The summed E-state index contributed by atoms with van der Waals surface area (Å²) < 4.78 is 29.7. The van der Waals surface area contributed by atoms with E-state index >= 15 is 0 Å². The third-order valence-corrected chi connectivity index (χ3v) is 8.41. The van der Waals surface area contributed by atoms with Gasteiger partial charge in [0, 0.05) is 19.6 Å². The van der Waals surface area contributed by atoms with E-state index in [4.69, 9.17) is 23.7 Å². The molecule has 9 heteroatoms. The molecule has 0 saturated carbocycles. The van der Waals surface area contributed by atoms with Crippen LogP contribution in [0.2, 0.25) is 0 Å². The Morgan fingerprint density at radius 3 is 1.87 bits per heavy atom. The van der Waals surface area contributed by atoms with E-state index < -0.39 is 6.10 Å². The smallest absolute Gasteiger partial charge is 0.306 e. The predicted octanol–water partition coefficient (Wildman–Crippen LogP) is 7.04. The average molecular weight is 640 g/mol. The van der Waals surface area contributed by atoms with Gasteiger partial charge in [-0.3, -0.25) is 9.59 Å². The standard InChI is InChI=1S/C36H70BNO7/c1-7-8-9-10-11-12-13-14-15-16-17-18-21-24-32(39)44-30(6)36(40)38-25-22-19-20-23-26-41-34-33(43-29(4)5)31(45-35(34)37)27-42-28(2)3/h28-31,33-35H,7-27,37H2,1-6H3,(H,38,40)/t30?,31-,33?,34+,35-/m1/s1. The quantitative estimate of drug-likeness (QED) is 0.0533. The van der Waals surface area contributed by atoms with Crippen LogP contribution in [0.25, 0.3) is 0 Å². The Kier molecular flexibility index (Phi) is 25.0. The molecule has 0 spiro atoms. The van der Waals surface area contributed by atoms with Gasteiger partial charge in [0.25, 0.3) is 5.91 Å². The Morgan fingerprint density at radius 1 is 0.733 bits per heavy atom. The molecule has 45 heavy (non-hydrogen) atoms. The van der Waals surface area contributed by atoms with Crippen LogP contribution in [0.1, 0.15) is 157 Å². The third-order valence-electron chi connectivity index (χ3n) is 8.41. The molecule has 0 aromatic heterocycles. The highest BCUT2D eigenvalue weighted by Crippen LogP contribution is 2.27. The topological polar surface area (TPSA) is 92.3 Å². The van der Waals surface area contributed by atoms with Crippen LogP contribution in [0.15, 0.2) is 0 Å². The molecule has 8 nitrogen and oxygen atoms in total. The normalized spacial score (nSPS) is 20.6. The van der Waals surface area contributed by atoms with Crippen molar-refractivity contribution in [2.24, 2.45) is 0 Å². The van der Waals surface area contributed by atoms with Gasteiger partial charge in [0.05, 0.1) is 24.8 Å². The van der Waals surface area contributed by atoms with Gasteiger partial charge in [-0.05, 0) is 53.9 Å². The Morgan fingerprint density at radius 2 is 1.29 bits per heavy atom.